The number of fused-ring (bicyclic) bond motifs is 2. The second-order valence-electron chi connectivity index (χ2n) is 27.5. The van der Waals surface area contributed by atoms with E-state index in [1.807, 2.05) is 51.4 Å². The van der Waals surface area contributed by atoms with E-state index in [1.54, 1.807) is 6.07 Å². The quantitative estimate of drug-likeness (QED) is 0.172. The molecule has 3 aromatic carbocycles. The first-order valence-corrected chi connectivity index (χ1v) is 27.8. The fraction of sp³-hybridized carbons (Fsp3) is 0.587. The monoisotopic (exact) mass is 1100 g/mol. The Bertz CT molecular complexity index is 2620. The van der Waals surface area contributed by atoms with Crippen LogP contribution in [0, 0.1) is 5.41 Å². The van der Waals surface area contributed by atoms with Crippen LogP contribution in [-0.4, -0.2) is 16.1 Å². The van der Waals surface area contributed by atoms with Crippen LogP contribution in [0.4, 0.5) is 0 Å². The van der Waals surface area contributed by atoms with Crippen LogP contribution in [0.5, 0.6) is 5.75 Å². The average molecular weight is 1100 g/mol. The number of pyridine rings is 2. The Labute approximate surface area is 496 Å². The van der Waals surface area contributed by atoms with Crippen molar-refractivity contribution in [1.29, 1.82) is 0 Å². The largest absolute Gasteiger partial charge is 0.490 e. The van der Waals surface area contributed by atoms with Crippen LogP contribution < -0.4 is 10.2 Å². The topological polar surface area (TPSA) is 65.2 Å². The Kier molecular flexibility index (Phi) is 34.4. The zero-order chi connectivity index (χ0) is 56.3. The van der Waals surface area contributed by atoms with Gasteiger partial charge in [-0.25, -0.2) is 0 Å². The maximum absolute atomic E-state index is 12.2. The number of aryl methyl sites for hydroxylation is 1. The smallest absolute Gasteiger partial charge is 0.192 e. The van der Waals surface area contributed by atoms with Gasteiger partial charge in [-0.1, -0.05) is 272 Å². The van der Waals surface area contributed by atoms with E-state index in [0.29, 0.717) is 46.7 Å². The Hall–Kier alpha value is -5.03. The standard InChI is InChI=1S/C16H20O2.C16H24O.C13H21N.C13H20.C11H17N.6CH4/c1-10(2)11-6-7-14-12(8-11)13(17)9-15(18-14)16(3,4)5;1-11(2)12-6-8-14-13(10-12)7-9-15(17-14)16(3,4)5;1-12(2,3)10-7-8-11(14-9-10)13(4,5)6;1-10(2)11-6-8-12(9-7-11)13(3,4)5;1-8(2)10-5-6-11(9(3)4)12-7-10;;;;;;/h6-10H,1-5H3;6,8,10-11,15H,7,9H2,1-5H3;7-9H,1-6H3;6-10H,1-5H3;5-9H,1-4H3;6*1H4. The molecule has 3 aromatic heterocycles. The van der Waals surface area contributed by atoms with Crippen LogP contribution in [0.15, 0.2) is 113 Å². The van der Waals surface area contributed by atoms with E-state index in [1.165, 1.54) is 44.6 Å². The van der Waals surface area contributed by atoms with Gasteiger partial charge in [0.2, 0.25) is 0 Å². The minimum Gasteiger partial charge on any atom is -0.490 e. The number of aromatic nitrogens is 2. The van der Waals surface area contributed by atoms with Crippen LogP contribution in [-0.2, 0) is 28.1 Å². The average Bonchev–Trinajstić information content (AvgIpc) is 3.30. The van der Waals surface area contributed by atoms with Crippen LogP contribution >= 0.6 is 0 Å². The molecule has 5 nitrogen and oxygen atoms in total. The minimum absolute atomic E-state index is 0. The molecule has 1 aliphatic rings. The molecule has 1 unspecified atom stereocenters. The predicted octanol–water partition coefficient (Wildman–Crippen LogP) is 23.7. The van der Waals surface area contributed by atoms with Crippen LogP contribution in [0.2, 0.25) is 0 Å². The van der Waals surface area contributed by atoms with Crippen molar-refractivity contribution in [3.8, 4) is 5.75 Å². The summed E-state index contributed by atoms with van der Waals surface area (Å²) >= 11 is 0. The van der Waals surface area contributed by atoms with E-state index < -0.39 is 0 Å². The summed E-state index contributed by atoms with van der Waals surface area (Å²) in [7, 11) is 0. The van der Waals surface area contributed by atoms with E-state index in [0.717, 1.165) is 30.0 Å². The lowest BCUT2D eigenvalue weighted by atomic mass is 9.83. The lowest BCUT2D eigenvalue weighted by Gasteiger charge is -2.35. The molecule has 0 aliphatic carbocycles. The third-order valence-electron chi connectivity index (χ3n) is 13.7. The van der Waals surface area contributed by atoms with Gasteiger partial charge in [0.1, 0.15) is 23.2 Å². The highest BCUT2D eigenvalue weighted by Gasteiger charge is 2.30. The second kappa shape index (κ2) is 33.8. The van der Waals surface area contributed by atoms with Gasteiger partial charge in [-0.15, -0.1) is 0 Å². The van der Waals surface area contributed by atoms with Gasteiger partial charge in [-0.2, -0.15) is 0 Å². The Morgan fingerprint density at radius 1 is 0.450 bits per heavy atom. The molecule has 0 saturated heterocycles. The molecule has 0 amide bonds. The van der Waals surface area contributed by atoms with E-state index in [-0.39, 0.29) is 77.1 Å². The Morgan fingerprint density at radius 2 is 0.912 bits per heavy atom. The fourth-order valence-electron chi connectivity index (χ4n) is 8.03. The van der Waals surface area contributed by atoms with E-state index in [4.69, 9.17) is 9.15 Å². The molecule has 7 rings (SSSR count). The number of hydrogen-bond acceptors (Lipinski definition) is 5. The molecule has 80 heavy (non-hydrogen) atoms. The van der Waals surface area contributed by atoms with Crippen LogP contribution in [0.1, 0.15) is 310 Å². The normalized spacial score (nSPS) is 12.9. The molecule has 0 saturated carbocycles. The molecule has 0 bridgehead atoms. The summed E-state index contributed by atoms with van der Waals surface area (Å²) in [6, 6.07) is 31.8. The highest BCUT2D eigenvalue weighted by Crippen LogP contribution is 2.37. The van der Waals surface area contributed by atoms with Gasteiger partial charge < -0.3 is 9.15 Å². The summed E-state index contributed by atoms with van der Waals surface area (Å²) in [4.78, 5) is 21.1. The molecule has 0 radical (unpaired) electrons. The SMILES string of the molecule is C.C.C.C.C.C.CC(C)(C)c1ccc(C(C)(C)C)nc1.CC(C)c1ccc(C(C)(C)C)cc1.CC(C)c1ccc(C(C)C)nc1.CC(C)c1ccc2c(c1)CCC(C(C)(C)C)O2.CC(C)c1ccc2oc(C(C)(C)C)cc(=O)c2c1. The molecule has 454 valence electrons. The van der Waals surface area contributed by atoms with Crippen LogP contribution in [0.3, 0.4) is 0 Å². The zero-order valence-corrected chi connectivity index (χ0v) is 51.3. The van der Waals surface area contributed by atoms with Crippen molar-refractivity contribution in [3.63, 3.8) is 0 Å². The molecule has 1 atom stereocenters. The van der Waals surface area contributed by atoms with E-state index >= 15 is 0 Å². The maximum atomic E-state index is 12.2. The van der Waals surface area contributed by atoms with Crippen molar-refractivity contribution in [1.82, 2.24) is 9.97 Å². The van der Waals surface area contributed by atoms with Gasteiger partial charge in [-0.3, -0.25) is 14.8 Å². The van der Waals surface area contributed by atoms with Gasteiger partial charge in [-0.05, 0) is 128 Å². The molecule has 1 aliphatic heterocycles. The highest BCUT2D eigenvalue weighted by atomic mass is 16.5. The lowest BCUT2D eigenvalue weighted by Crippen LogP contribution is -2.35. The lowest BCUT2D eigenvalue weighted by molar-refractivity contribution is 0.0674. The van der Waals surface area contributed by atoms with Crippen LogP contribution in [0.25, 0.3) is 11.0 Å². The molecule has 4 heterocycles. The number of benzene rings is 3. The van der Waals surface area contributed by atoms with E-state index in [2.05, 4.69) is 229 Å². The molecule has 5 heteroatoms. The van der Waals surface area contributed by atoms with Crippen molar-refractivity contribution < 1.29 is 9.15 Å². The van der Waals surface area contributed by atoms with Gasteiger partial charge >= 0.3 is 0 Å². The van der Waals surface area contributed by atoms with Crippen molar-refractivity contribution in [2.75, 3.05) is 0 Å². The molecule has 0 spiro atoms. The molecule has 0 N–H and O–H groups in total. The third kappa shape index (κ3) is 25.4. The van der Waals surface area contributed by atoms with Gasteiger partial charge in [0, 0.05) is 40.7 Å². The van der Waals surface area contributed by atoms with E-state index in [9.17, 15) is 4.79 Å². The maximum Gasteiger partial charge on any atom is 0.192 e. The van der Waals surface area contributed by atoms with Gasteiger partial charge in [0.25, 0.3) is 0 Å². The molecule has 6 aromatic rings. The van der Waals surface area contributed by atoms with Gasteiger partial charge in [0.05, 0.1) is 5.39 Å². The summed E-state index contributed by atoms with van der Waals surface area (Å²) < 4.78 is 12.0. The molecule has 0 fully saturated rings. The first kappa shape index (κ1) is 81.4. The zero-order valence-electron chi connectivity index (χ0n) is 51.3. The third-order valence-corrected chi connectivity index (χ3v) is 13.7. The highest BCUT2D eigenvalue weighted by molar-refractivity contribution is 5.77. The first-order valence-electron chi connectivity index (χ1n) is 27.8. The number of hydrogen-bond donors (Lipinski definition) is 0. The number of nitrogens with zero attached hydrogens (tertiary/aromatic N) is 2. The van der Waals surface area contributed by atoms with Crippen molar-refractivity contribution >= 4 is 11.0 Å². The summed E-state index contributed by atoms with van der Waals surface area (Å²) in [6.07, 6.45) is 6.62. The predicted molar refractivity (Wildman–Crippen MR) is 362 cm³/mol. The van der Waals surface area contributed by atoms with Crippen molar-refractivity contribution in [2.45, 2.75) is 288 Å². The van der Waals surface area contributed by atoms with Crippen molar-refractivity contribution in [2.24, 2.45) is 5.41 Å². The Balaban J connectivity index is -0.000000446. The number of ether oxygens (including phenoxy) is 1. The minimum atomic E-state index is -0.149. The Morgan fingerprint density at radius 3 is 1.31 bits per heavy atom. The summed E-state index contributed by atoms with van der Waals surface area (Å²) in [5.41, 5.74) is 13.2. The first-order chi connectivity index (χ1) is 33.9. The molecular weight excluding hydrogens is 977 g/mol. The summed E-state index contributed by atoms with van der Waals surface area (Å²) in [5, 5.41) is 0.675. The molecular formula is C75H126N2O3. The summed E-state index contributed by atoms with van der Waals surface area (Å²) in [5.74, 6) is 4.59. The second-order valence-corrected chi connectivity index (χ2v) is 27.5. The fourth-order valence-corrected chi connectivity index (χ4v) is 8.03. The van der Waals surface area contributed by atoms with Gasteiger partial charge in [0.15, 0.2) is 5.43 Å². The number of rotatable bonds is 5. The van der Waals surface area contributed by atoms with Crippen molar-refractivity contribution in [3.05, 3.63) is 170 Å². The summed E-state index contributed by atoms with van der Waals surface area (Å²) in [6.45, 7) is 54.7.